The lowest BCUT2D eigenvalue weighted by Crippen LogP contribution is -2.50. The van der Waals surface area contributed by atoms with Crippen molar-refractivity contribution < 1.29 is 17.2 Å². The molecule has 1 N–H and O–H groups in total. The summed E-state index contributed by atoms with van der Waals surface area (Å²) >= 11 is 1.65. The van der Waals surface area contributed by atoms with Gasteiger partial charge in [0.25, 0.3) is 0 Å². The third kappa shape index (κ3) is 7.33. The molecule has 46 heavy (non-hydrogen) atoms. The number of hydrogen-bond donors (Lipinski definition) is 1. The van der Waals surface area contributed by atoms with E-state index in [0.717, 1.165) is 63.1 Å². The van der Waals surface area contributed by atoms with Crippen molar-refractivity contribution in [3.63, 3.8) is 0 Å². The number of amides is 4. The molecule has 3 saturated heterocycles. The summed E-state index contributed by atoms with van der Waals surface area (Å²) in [6.45, 7) is 13.2. The van der Waals surface area contributed by atoms with Gasteiger partial charge in [-0.15, -0.1) is 11.8 Å². The average Bonchev–Trinajstić information content (AvgIpc) is 3.24. The van der Waals surface area contributed by atoms with Gasteiger partial charge in [-0.05, 0) is 55.8 Å². The third-order valence-corrected chi connectivity index (χ3v) is 11.5. The summed E-state index contributed by atoms with van der Waals surface area (Å²) in [4.78, 5) is 51.5. The summed E-state index contributed by atoms with van der Waals surface area (Å²) in [5.74, 6) is 0.122. The fraction of sp³-hybridized carbons (Fsp3) is 0.583. The molecule has 3 fully saturated rings. The predicted molar refractivity (Wildman–Crippen MR) is 190 cm³/mol. The number of piperazine rings is 1. The van der Waals surface area contributed by atoms with Crippen LogP contribution in [-0.4, -0.2) is 108 Å². The topological polar surface area (TPSA) is 79.4 Å². The molecule has 0 aliphatic carbocycles. The van der Waals surface area contributed by atoms with Crippen LogP contribution in [0.5, 0.6) is 0 Å². The van der Waals surface area contributed by atoms with E-state index in [2.05, 4.69) is 73.3 Å². The summed E-state index contributed by atoms with van der Waals surface area (Å²) in [6, 6.07) is 16.6. The number of thioether (sulfide) groups is 1. The first-order valence-corrected chi connectivity index (χ1v) is 17.9. The molecule has 4 aliphatic rings. The number of anilines is 2. The number of carbonyl (C=O) groups is 3. The fourth-order valence-electron chi connectivity index (χ4n) is 7.13. The van der Waals surface area contributed by atoms with Gasteiger partial charge in [0.2, 0.25) is 11.8 Å². The van der Waals surface area contributed by atoms with Crippen LogP contribution < -0.4 is 10.2 Å². The molecule has 0 saturated carbocycles. The Kier molecular flexibility index (Phi) is 9.85. The molecule has 0 spiro atoms. The van der Waals surface area contributed by atoms with Crippen molar-refractivity contribution in [2.24, 2.45) is 5.41 Å². The molecule has 0 unspecified atom stereocenters. The first-order chi connectivity index (χ1) is 22.1. The summed E-state index contributed by atoms with van der Waals surface area (Å²) in [5.41, 5.74) is 4.52. The third-order valence-electron chi connectivity index (χ3n) is 10.0. The summed E-state index contributed by atoms with van der Waals surface area (Å²) in [5, 5.41) is 2.57. The highest BCUT2D eigenvalue weighted by atomic mass is 32.2. The van der Waals surface area contributed by atoms with E-state index in [4.69, 9.17) is 0 Å². The minimum absolute atomic E-state index is 0. The number of likely N-dealkylation sites (N-methyl/N-ethyl adjacent to an activating group) is 1. The SMILES string of the molecule is CN1CCN(c2ccccc2[C@@H]2S[C@H](CC(=O)N3CCC(N4CCc5ccccc5NC4=O)CC3)C(=O)N2CCC(C)(C)C)CC1.[HH].[HH]. The van der Waals surface area contributed by atoms with Crippen LogP contribution in [0.25, 0.3) is 0 Å². The molecule has 2 aromatic carbocycles. The molecule has 6 rings (SSSR count). The van der Waals surface area contributed by atoms with Crippen molar-refractivity contribution in [3.8, 4) is 0 Å². The number of rotatable bonds is 7. The van der Waals surface area contributed by atoms with E-state index in [1.165, 1.54) is 11.3 Å². The summed E-state index contributed by atoms with van der Waals surface area (Å²) in [6.07, 6.45) is 3.43. The van der Waals surface area contributed by atoms with E-state index in [1.54, 1.807) is 11.8 Å². The Bertz CT molecular complexity index is 1420. The number of carbonyl (C=O) groups excluding carboxylic acids is 3. The van der Waals surface area contributed by atoms with Gasteiger partial charge in [0.05, 0.1) is 5.25 Å². The Hall–Kier alpha value is -3.24. The van der Waals surface area contributed by atoms with Gasteiger partial charge in [-0.2, -0.15) is 0 Å². The van der Waals surface area contributed by atoms with Crippen molar-refractivity contribution in [1.29, 1.82) is 0 Å². The second-order valence-electron chi connectivity index (χ2n) is 14.5. The fourth-order valence-corrected chi connectivity index (χ4v) is 8.64. The Labute approximate surface area is 281 Å². The molecular weight excluding hydrogens is 597 g/mol. The smallest absolute Gasteiger partial charge is 0.322 e. The zero-order valence-corrected chi connectivity index (χ0v) is 28.7. The van der Waals surface area contributed by atoms with Crippen LogP contribution in [0.4, 0.5) is 16.2 Å². The maximum absolute atomic E-state index is 14.0. The molecule has 4 aliphatic heterocycles. The zero-order valence-electron chi connectivity index (χ0n) is 27.9. The Morgan fingerprint density at radius 3 is 2.37 bits per heavy atom. The number of nitrogens with one attached hydrogen (secondary N) is 1. The van der Waals surface area contributed by atoms with Crippen molar-refractivity contribution >= 4 is 41.0 Å². The molecule has 252 valence electrons. The maximum Gasteiger partial charge on any atom is 0.322 e. The highest BCUT2D eigenvalue weighted by Gasteiger charge is 2.44. The second-order valence-corrected chi connectivity index (χ2v) is 15.8. The van der Waals surface area contributed by atoms with Crippen LogP contribution in [0, 0.1) is 5.41 Å². The van der Waals surface area contributed by atoms with Gasteiger partial charge in [-0.25, -0.2) is 4.79 Å². The molecule has 9 nitrogen and oxygen atoms in total. The second kappa shape index (κ2) is 13.9. The van der Waals surface area contributed by atoms with Crippen molar-refractivity contribution in [3.05, 3.63) is 59.7 Å². The largest absolute Gasteiger partial charge is 0.369 e. The molecule has 4 amide bonds. The van der Waals surface area contributed by atoms with E-state index >= 15 is 0 Å². The van der Waals surface area contributed by atoms with Crippen LogP contribution in [-0.2, 0) is 16.0 Å². The molecule has 10 heteroatoms. The average molecular weight is 651 g/mol. The molecule has 0 aromatic heterocycles. The molecule has 2 atom stereocenters. The quantitative estimate of drug-likeness (QED) is 0.410. The minimum Gasteiger partial charge on any atom is -0.369 e. The Morgan fingerprint density at radius 1 is 0.935 bits per heavy atom. The lowest BCUT2D eigenvalue weighted by Gasteiger charge is -2.38. The Morgan fingerprint density at radius 2 is 1.63 bits per heavy atom. The number of benzene rings is 2. The lowest BCUT2D eigenvalue weighted by atomic mass is 9.92. The van der Waals surface area contributed by atoms with Gasteiger partial charge in [-0.1, -0.05) is 57.2 Å². The van der Waals surface area contributed by atoms with Crippen molar-refractivity contribution in [1.82, 2.24) is 19.6 Å². The normalized spacial score (nSPS) is 23.4. The summed E-state index contributed by atoms with van der Waals surface area (Å²) < 4.78 is 0. The standard InChI is InChI=1S/C36H50N6O3S.2H2/c1-36(2,3)16-20-42-33(44)31(46-34(42)28-10-6-8-12-30(28)39-23-21-38(4)22-24-39)25-32(43)40-17-14-27(15-18-40)41-19-13-26-9-5-7-11-29(26)37-35(41)45;;/h5-12,27,31,34H,13-25H2,1-4H3,(H,37,45);2*1H/t31-,34+;;/m1../s1. The van der Waals surface area contributed by atoms with Gasteiger partial charge < -0.3 is 29.8 Å². The monoisotopic (exact) mass is 650 g/mol. The van der Waals surface area contributed by atoms with Crippen LogP contribution in [0.2, 0.25) is 0 Å². The molecule has 0 bridgehead atoms. The van der Waals surface area contributed by atoms with E-state index in [-0.39, 0.29) is 44.0 Å². The van der Waals surface area contributed by atoms with Crippen LogP contribution in [0.1, 0.15) is 65.8 Å². The molecule has 2 aromatic rings. The van der Waals surface area contributed by atoms with Crippen LogP contribution in [0.15, 0.2) is 48.5 Å². The van der Waals surface area contributed by atoms with E-state index in [0.29, 0.717) is 26.2 Å². The molecule has 0 radical (unpaired) electrons. The lowest BCUT2D eigenvalue weighted by molar-refractivity contribution is -0.137. The number of urea groups is 1. The number of para-hydroxylation sites is 2. The van der Waals surface area contributed by atoms with Gasteiger partial charge >= 0.3 is 6.03 Å². The van der Waals surface area contributed by atoms with E-state index in [1.807, 2.05) is 32.9 Å². The highest BCUT2D eigenvalue weighted by Crippen LogP contribution is 2.48. The van der Waals surface area contributed by atoms with Crippen LogP contribution >= 0.6 is 11.8 Å². The van der Waals surface area contributed by atoms with Gasteiger partial charge in [0.1, 0.15) is 5.37 Å². The minimum atomic E-state index is -0.398. The van der Waals surface area contributed by atoms with Crippen LogP contribution in [0.3, 0.4) is 0 Å². The number of nitrogens with zero attached hydrogens (tertiary/aromatic N) is 5. The molecular formula is C36H54N6O3S. The first-order valence-electron chi connectivity index (χ1n) is 17.0. The zero-order chi connectivity index (χ0) is 32.4. The molecule has 4 heterocycles. The first kappa shape index (κ1) is 32.7. The van der Waals surface area contributed by atoms with E-state index < -0.39 is 5.25 Å². The maximum atomic E-state index is 14.0. The number of fused-ring (bicyclic) bond motifs is 1. The van der Waals surface area contributed by atoms with Gasteiger partial charge in [0.15, 0.2) is 0 Å². The predicted octanol–water partition coefficient (Wildman–Crippen LogP) is 5.78. The van der Waals surface area contributed by atoms with E-state index in [9.17, 15) is 14.4 Å². The summed E-state index contributed by atoms with van der Waals surface area (Å²) in [7, 11) is 2.16. The van der Waals surface area contributed by atoms with Gasteiger partial charge in [0, 0.05) is 84.6 Å². The number of hydrogen-bond acceptors (Lipinski definition) is 6. The number of likely N-dealkylation sites (tertiary alicyclic amines) is 1. The van der Waals surface area contributed by atoms with Gasteiger partial charge in [-0.3, -0.25) is 9.59 Å². The van der Waals surface area contributed by atoms with Crippen molar-refractivity contribution in [2.45, 2.75) is 69.5 Å². The van der Waals surface area contributed by atoms with Crippen molar-refractivity contribution in [2.75, 3.05) is 69.6 Å². The Balaban J connectivity index is 0.00000260. The highest BCUT2D eigenvalue weighted by molar-refractivity contribution is 8.01. The number of piperidine rings is 1.